The number of fused-ring (bicyclic) bond motifs is 6. The van der Waals surface area contributed by atoms with Gasteiger partial charge in [0.1, 0.15) is 35.7 Å². The first kappa shape index (κ1) is 29.7. The van der Waals surface area contributed by atoms with Crippen LogP contribution in [0.4, 0.5) is 38.0 Å². The lowest BCUT2D eigenvalue weighted by molar-refractivity contribution is -0.137. The van der Waals surface area contributed by atoms with Crippen molar-refractivity contribution in [3.63, 3.8) is 0 Å². The zero-order valence-corrected chi connectivity index (χ0v) is 25.2. The van der Waals surface area contributed by atoms with E-state index >= 15 is 8.78 Å². The molecule has 5 aliphatic rings. The maximum atomic E-state index is 16.9. The predicted molar refractivity (Wildman–Crippen MR) is 160 cm³/mol. The number of nitrogens with zero attached hydrogens (tertiary/aromatic N) is 5. The van der Waals surface area contributed by atoms with Gasteiger partial charge >= 0.3 is 12.2 Å². The summed E-state index contributed by atoms with van der Waals surface area (Å²) in [6.07, 6.45) is -2.08. The number of alkyl halides is 4. The third kappa shape index (κ3) is 4.39. The summed E-state index contributed by atoms with van der Waals surface area (Å²) in [4.78, 5) is 17.0. The fourth-order valence-electron chi connectivity index (χ4n) is 8.70. The van der Waals surface area contributed by atoms with Gasteiger partial charge in [0.2, 0.25) is 0 Å². The molecule has 0 amide bonds. The molecule has 4 fully saturated rings. The van der Waals surface area contributed by atoms with Crippen LogP contribution in [0.5, 0.6) is 6.01 Å². The molecule has 14 heteroatoms. The Balaban J connectivity index is 1.36. The average Bonchev–Trinajstić information content (AvgIpc) is 3.61. The summed E-state index contributed by atoms with van der Waals surface area (Å²) < 4.78 is 97.5. The molecule has 0 aliphatic carbocycles. The standard InChI is InChI=1S/C32H33F6N7O/c1-14-8-19-18-5-4-17(40-18)12-45(19)29-22-21(14)25(34)23(27-24(32(36,37)38)15(2)9-20(39)41-27)26(35)28(22)42-30(43-29)46-13-31-6-3-7-44(31)11-16(33)10-31/h9,16-19,40H,1,3-8,10-13H2,2H3,(H2,39,41)/t16-,17-,18+,19-,31+/m1/s1. The number of aromatic nitrogens is 3. The van der Waals surface area contributed by atoms with Gasteiger partial charge in [0.05, 0.1) is 27.7 Å². The van der Waals surface area contributed by atoms with Gasteiger partial charge < -0.3 is 20.7 Å². The summed E-state index contributed by atoms with van der Waals surface area (Å²) in [6.45, 7) is 6.90. The van der Waals surface area contributed by atoms with Crippen molar-refractivity contribution in [2.24, 2.45) is 0 Å². The van der Waals surface area contributed by atoms with Crippen molar-refractivity contribution in [3.05, 3.63) is 41.0 Å². The molecule has 0 spiro atoms. The van der Waals surface area contributed by atoms with Gasteiger partial charge in [0, 0.05) is 43.2 Å². The lowest BCUT2D eigenvalue weighted by Gasteiger charge is -2.41. The van der Waals surface area contributed by atoms with Gasteiger partial charge in [0.25, 0.3) is 0 Å². The van der Waals surface area contributed by atoms with Gasteiger partial charge in [-0.1, -0.05) is 6.58 Å². The average molecular weight is 646 g/mol. The van der Waals surface area contributed by atoms with E-state index in [1.807, 2.05) is 4.90 Å². The Morgan fingerprint density at radius 1 is 1.13 bits per heavy atom. The normalized spacial score (nSPS) is 28.9. The molecule has 0 saturated carbocycles. The van der Waals surface area contributed by atoms with Gasteiger partial charge in [-0.25, -0.2) is 18.2 Å². The molecule has 46 heavy (non-hydrogen) atoms. The van der Waals surface area contributed by atoms with E-state index in [1.54, 1.807) is 0 Å². The lowest BCUT2D eigenvalue weighted by atomic mass is 9.90. The molecule has 0 radical (unpaired) electrons. The van der Waals surface area contributed by atoms with Crippen LogP contribution >= 0.6 is 0 Å². The summed E-state index contributed by atoms with van der Waals surface area (Å²) in [6, 6.07) is 0.727. The molecule has 5 atom stereocenters. The van der Waals surface area contributed by atoms with Crippen molar-refractivity contribution in [2.45, 2.75) is 81.5 Å². The van der Waals surface area contributed by atoms with E-state index < -0.39 is 51.9 Å². The number of aryl methyl sites for hydroxylation is 1. The molecule has 1 aromatic carbocycles. The van der Waals surface area contributed by atoms with Crippen molar-refractivity contribution in [2.75, 3.05) is 36.9 Å². The number of rotatable bonds is 4. The second-order valence-electron chi connectivity index (χ2n) is 13.5. The van der Waals surface area contributed by atoms with E-state index in [4.69, 9.17) is 15.5 Å². The molecule has 244 valence electrons. The Morgan fingerprint density at radius 3 is 2.72 bits per heavy atom. The Hall–Kier alpha value is -3.65. The van der Waals surface area contributed by atoms with E-state index in [-0.39, 0.29) is 77.3 Å². The zero-order valence-electron chi connectivity index (χ0n) is 25.2. The molecule has 8 rings (SSSR count). The highest BCUT2D eigenvalue weighted by Crippen LogP contribution is 2.49. The molecule has 7 heterocycles. The minimum absolute atomic E-state index is 0.0209. The number of nitrogen functional groups attached to an aromatic ring is 1. The van der Waals surface area contributed by atoms with Crippen molar-refractivity contribution in [1.82, 2.24) is 25.2 Å². The fraction of sp³-hybridized carbons (Fsp3) is 0.531. The van der Waals surface area contributed by atoms with E-state index in [1.165, 1.54) is 0 Å². The van der Waals surface area contributed by atoms with Gasteiger partial charge in [-0.05, 0) is 62.8 Å². The number of hydrogen-bond acceptors (Lipinski definition) is 8. The molecule has 3 N–H and O–H groups in total. The first-order valence-corrected chi connectivity index (χ1v) is 15.6. The van der Waals surface area contributed by atoms with Gasteiger partial charge in [-0.3, -0.25) is 4.90 Å². The van der Waals surface area contributed by atoms with Crippen LogP contribution in [0, 0.1) is 18.6 Å². The summed E-state index contributed by atoms with van der Waals surface area (Å²) >= 11 is 0. The van der Waals surface area contributed by atoms with Crippen LogP contribution in [0.15, 0.2) is 12.6 Å². The minimum Gasteiger partial charge on any atom is -0.461 e. The Bertz CT molecular complexity index is 1800. The minimum atomic E-state index is -4.99. The van der Waals surface area contributed by atoms with Crippen LogP contribution in [0.25, 0.3) is 27.7 Å². The quantitative estimate of drug-likeness (QED) is 0.357. The third-order valence-corrected chi connectivity index (χ3v) is 10.6. The number of nitrogens with one attached hydrogen (secondary N) is 1. The Morgan fingerprint density at radius 2 is 1.93 bits per heavy atom. The van der Waals surface area contributed by atoms with Crippen LogP contribution in [-0.4, -0.2) is 75.9 Å². The maximum Gasteiger partial charge on any atom is 0.418 e. The molecule has 3 aromatic rings. The monoisotopic (exact) mass is 645 g/mol. The summed E-state index contributed by atoms with van der Waals surface area (Å²) in [7, 11) is 0. The van der Waals surface area contributed by atoms with Crippen LogP contribution in [0.1, 0.15) is 55.2 Å². The smallest absolute Gasteiger partial charge is 0.418 e. The Labute approximate surface area is 261 Å². The fourth-order valence-corrected chi connectivity index (χ4v) is 8.70. The van der Waals surface area contributed by atoms with Crippen LogP contribution in [0.2, 0.25) is 0 Å². The molecule has 0 unspecified atom stereocenters. The molecule has 4 saturated heterocycles. The second-order valence-corrected chi connectivity index (χ2v) is 13.5. The van der Waals surface area contributed by atoms with E-state index in [0.717, 1.165) is 38.8 Å². The second kappa shape index (κ2) is 10.2. The zero-order chi connectivity index (χ0) is 32.3. The summed E-state index contributed by atoms with van der Waals surface area (Å²) in [5.74, 6) is -2.64. The molecular formula is C32H33F6N7O. The predicted octanol–water partition coefficient (Wildman–Crippen LogP) is 5.56. The van der Waals surface area contributed by atoms with Gasteiger partial charge in [-0.2, -0.15) is 23.1 Å². The number of benzene rings is 1. The molecule has 2 aromatic heterocycles. The molecule has 8 nitrogen and oxygen atoms in total. The first-order chi connectivity index (χ1) is 21.8. The summed E-state index contributed by atoms with van der Waals surface area (Å²) in [5.41, 5.74) is 1.45. The number of pyridine rings is 1. The highest BCUT2D eigenvalue weighted by Gasteiger charge is 2.50. The number of halogens is 6. The molecule has 5 aliphatic heterocycles. The van der Waals surface area contributed by atoms with Crippen LogP contribution in [0.3, 0.4) is 0 Å². The molecular weight excluding hydrogens is 612 g/mol. The highest BCUT2D eigenvalue weighted by atomic mass is 19.4. The van der Waals surface area contributed by atoms with Crippen molar-refractivity contribution in [1.29, 1.82) is 0 Å². The number of anilines is 2. The highest BCUT2D eigenvalue weighted by molar-refractivity contribution is 6.03. The maximum absolute atomic E-state index is 16.9. The number of ether oxygens (including phenoxy) is 1. The van der Waals surface area contributed by atoms with Crippen molar-refractivity contribution < 1.29 is 31.1 Å². The van der Waals surface area contributed by atoms with Crippen LogP contribution < -0.4 is 20.7 Å². The van der Waals surface area contributed by atoms with E-state index in [2.05, 4.69) is 26.8 Å². The van der Waals surface area contributed by atoms with Crippen molar-refractivity contribution in [3.8, 4) is 17.3 Å². The van der Waals surface area contributed by atoms with Gasteiger partial charge in [-0.15, -0.1) is 0 Å². The first-order valence-electron chi connectivity index (χ1n) is 15.6. The Kier molecular flexibility index (Phi) is 6.58. The summed E-state index contributed by atoms with van der Waals surface area (Å²) in [5, 5.41) is 3.61. The van der Waals surface area contributed by atoms with E-state index in [9.17, 15) is 17.6 Å². The number of hydrogen-bond donors (Lipinski definition) is 2. The number of piperazine rings is 1. The topological polar surface area (TPSA) is 92.4 Å². The molecule has 2 bridgehead atoms. The SMILES string of the molecule is C=C1C[C@@H]2[C@@H]3CC[C@H](CN2c2nc(OC[C@@]45CCCN4C[C@H](F)C5)nc4c(F)c(-c5nc(N)cc(C)c5C(F)(F)F)c(F)c1c24)N3. The van der Waals surface area contributed by atoms with Crippen molar-refractivity contribution >= 4 is 28.1 Å². The largest absolute Gasteiger partial charge is 0.461 e. The van der Waals surface area contributed by atoms with Gasteiger partial charge in [0.15, 0.2) is 5.82 Å². The number of nitrogens with two attached hydrogens (primary N) is 1. The van der Waals surface area contributed by atoms with E-state index in [0.29, 0.717) is 19.5 Å². The lowest BCUT2D eigenvalue weighted by Crippen LogP contribution is -2.58. The van der Waals surface area contributed by atoms with Crippen LogP contribution in [-0.2, 0) is 6.18 Å². The third-order valence-electron chi connectivity index (χ3n) is 10.6.